The van der Waals surface area contributed by atoms with Gasteiger partial charge in [-0.2, -0.15) is 0 Å². The molecular weight excluding hydrogens is 234 g/mol. The van der Waals surface area contributed by atoms with Gasteiger partial charge in [0.1, 0.15) is 11.6 Å². The van der Waals surface area contributed by atoms with Crippen LogP contribution in [0.3, 0.4) is 0 Å². The van der Waals surface area contributed by atoms with Crippen LogP contribution in [0.15, 0.2) is 12.1 Å². The molecule has 0 saturated heterocycles. The third kappa shape index (κ3) is 3.91. The van der Waals surface area contributed by atoms with E-state index in [0.29, 0.717) is 5.19 Å². The van der Waals surface area contributed by atoms with Crippen molar-refractivity contribution in [2.45, 2.75) is 52.2 Å². The molecule has 0 aromatic heterocycles. The van der Waals surface area contributed by atoms with E-state index in [-0.39, 0.29) is 11.6 Å². The summed E-state index contributed by atoms with van der Waals surface area (Å²) < 4.78 is 27.8. The number of hydrogen-bond acceptors (Lipinski definition) is 0. The topological polar surface area (TPSA) is 0 Å². The number of hydrogen-bond donors (Lipinski definition) is 0. The SMILES string of the molecule is CCCCCc1cc(F)c([Si](C)(C)C)c(F)c1. The normalized spacial score (nSPS) is 11.9. The van der Waals surface area contributed by atoms with Crippen molar-refractivity contribution in [1.29, 1.82) is 0 Å². The molecule has 0 bridgehead atoms. The van der Waals surface area contributed by atoms with Crippen molar-refractivity contribution < 1.29 is 8.78 Å². The number of unbranched alkanes of at least 4 members (excludes halogenated alkanes) is 2. The van der Waals surface area contributed by atoms with Gasteiger partial charge in [0, 0.05) is 5.19 Å². The number of aryl methyl sites for hydroxylation is 1. The van der Waals surface area contributed by atoms with Crippen molar-refractivity contribution in [2.24, 2.45) is 0 Å². The van der Waals surface area contributed by atoms with E-state index >= 15 is 0 Å². The van der Waals surface area contributed by atoms with E-state index in [9.17, 15) is 8.78 Å². The van der Waals surface area contributed by atoms with Crippen molar-refractivity contribution in [1.82, 2.24) is 0 Å². The Balaban J connectivity index is 2.94. The predicted molar refractivity (Wildman–Crippen MR) is 72.6 cm³/mol. The average Bonchev–Trinajstić information content (AvgIpc) is 2.14. The zero-order valence-corrected chi connectivity index (χ0v) is 12.2. The molecule has 0 amide bonds. The van der Waals surface area contributed by atoms with Crippen LogP contribution < -0.4 is 5.19 Å². The minimum absolute atomic E-state index is 0.330. The first-order valence-corrected chi connectivity index (χ1v) is 9.84. The fraction of sp³-hybridized carbons (Fsp3) is 0.571. The third-order valence-corrected chi connectivity index (χ3v) is 4.90. The fourth-order valence-electron chi connectivity index (χ4n) is 2.07. The van der Waals surface area contributed by atoms with Gasteiger partial charge in [0.25, 0.3) is 0 Å². The first-order chi connectivity index (χ1) is 7.86. The molecule has 1 aromatic rings. The van der Waals surface area contributed by atoms with Gasteiger partial charge in [-0.05, 0) is 30.5 Å². The molecule has 0 aliphatic heterocycles. The van der Waals surface area contributed by atoms with Crippen molar-refractivity contribution >= 4 is 13.3 Å². The van der Waals surface area contributed by atoms with Crippen LogP contribution in [0, 0.1) is 11.6 Å². The Morgan fingerprint density at radius 1 is 1.00 bits per heavy atom. The Morgan fingerprint density at radius 2 is 1.53 bits per heavy atom. The molecule has 0 spiro atoms. The molecular formula is C14H22F2Si. The van der Waals surface area contributed by atoms with Gasteiger partial charge in [-0.25, -0.2) is 8.78 Å². The van der Waals surface area contributed by atoms with Crippen LogP contribution in [0.1, 0.15) is 31.7 Å². The molecule has 0 heterocycles. The highest BCUT2D eigenvalue weighted by Crippen LogP contribution is 2.14. The highest BCUT2D eigenvalue weighted by Gasteiger charge is 2.25. The van der Waals surface area contributed by atoms with Gasteiger partial charge in [0.15, 0.2) is 0 Å². The molecule has 1 rings (SSSR count). The van der Waals surface area contributed by atoms with Crippen molar-refractivity contribution in [3.8, 4) is 0 Å². The molecule has 0 radical (unpaired) electrons. The summed E-state index contributed by atoms with van der Waals surface area (Å²) in [5.41, 5.74) is 0.787. The standard InChI is InChI=1S/C14H22F2Si/c1-5-6-7-8-11-9-12(15)14(13(16)10-11)17(2,3)4/h9-10H,5-8H2,1-4H3. The lowest BCUT2D eigenvalue weighted by molar-refractivity contribution is 0.590. The molecule has 3 heteroatoms. The smallest absolute Gasteiger partial charge is 0.125 e. The minimum atomic E-state index is -1.93. The summed E-state index contributed by atoms with van der Waals surface area (Å²) in [6, 6.07) is 3.04. The maximum absolute atomic E-state index is 13.9. The molecule has 96 valence electrons. The van der Waals surface area contributed by atoms with Crippen molar-refractivity contribution in [3.05, 3.63) is 29.3 Å². The molecule has 0 aliphatic carbocycles. The number of halogens is 2. The molecule has 0 nitrogen and oxygen atoms in total. The molecule has 17 heavy (non-hydrogen) atoms. The average molecular weight is 256 g/mol. The van der Waals surface area contributed by atoms with E-state index in [2.05, 4.69) is 6.92 Å². The highest BCUT2D eigenvalue weighted by molar-refractivity contribution is 6.88. The lowest BCUT2D eigenvalue weighted by Crippen LogP contribution is -2.42. The van der Waals surface area contributed by atoms with Crippen LogP contribution in [0.25, 0.3) is 0 Å². The third-order valence-electron chi connectivity index (χ3n) is 2.92. The lowest BCUT2D eigenvalue weighted by atomic mass is 10.1. The largest absolute Gasteiger partial charge is 0.207 e. The van der Waals surface area contributed by atoms with Crippen LogP contribution >= 0.6 is 0 Å². The van der Waals surface area contributed by atoms with E-state index < -0.39 is 8.07 Å². The van der Waals surface area contributed by atoms with Gasteiger partial charge < -0.3 is 0 Å². The molecule has 0 N–H and O–H groups in total. The number of benzene rings is 1. The van der Waals surface area contributed by atoms with Gasteiger partial charge in [0.05, 0.1) is 8.07 Å². The quantitative estimate of drug-likeness (QED) is 0.546. The van der Waals surface area contributed by atoms with Gasteiger partial charge in [-0.15, -0.1) is 0 Å². The second-order valence-electron chi connectivity index (χ2n) is 5.64. The summed E-state index contributed by atoms with van der Waals surface area (Å²) in [5, 5.41) is 0.330. The maximum atomic E-state index is 13.9. The zero-order valence-electron chi connectivity index (χ0n) is 11.2. The van der Waals surface area contributed by atoms with Crippen LogP contribution in [0.2, 0.25) is 19.6 Å². The second-order valence-corrected chi connectivity index (χ2v) is 10.6. The Bertz CT molecular complexity index is 357. The van der Waals surface area contributed by atoms with Crippen LogP contribution in [0.5, 0.6) is 0 Å². The van der Waals surface area contributed by atoms with Crippen LogP contribution in [0.4, 0.5) is 8.78 Å². The van der Waals surface area contributed by atoms with Crippen molar-refractivity contribution in [2.75, 3.05) is 0 Å². The van der Waals surface area contributed by atoms with Gasteiger partial charge >= 0.3 is 0 Å². The fourth-order valence-corrected chi connectivity index (χ4v) is 3.64. The summed E-state index contributed by atoms with van der Waals surface area (Å²) in [6.07, 6.45) is 4.01. The van der Waals surface area contributed by atoms with Crippen LogP contribution in [-0.2, 0) is 6.42 Å². The molecule has 0 aliphatic rings. The second kappa shape index (κ2) is 5.76. The molecule has 0 unspecified atom stereocenters. The monoisotopic (exact) mass is 256 g/mol. The minimum Gasteiger partial charge on any atom is -0.207 e. The summed E-state index contributed by atoms with van der Waals surface area (Å²) in [4.78, 5) is 0. The summed E-state index contributed by atoms with van der Waals surface area (Å²) >= 11 is 0. The molecule has 0 atom stereocenters. The first-order valence-electron chi connectivity index (χ1n) is 6.34. The van der Waals surface area contributed by atoms with Gasteiger partial charge in [0.2, 0.25) is 0 Å². The molecule has 0 saturated carbocycles. The van der Waals surface area contributed by atoms with E-state index in [1.54, 1.807) is 0 Å². The van der Waals surface area contributed by atoms with Crippen LogP contribution in [-0.4, -0.2) is 8.07 Å². The Labute approximate surface area is 104 Å². The van der Waals surface area contributed by atoms with E-state index in [1.807, 2.05) is 19.6 Å². The summed E-state index contributed by atoms with van der Waals surface area (Å²) in [5.74, 6) is -0.702. The predicted octanol–water partition coefficient (Wildman–Crippen LogP) is 4.24. The molecule has 1 aromatic carbocycles. The summed E-state index contributed by atoms with van der Waals surface area (Å²) in [7, 11) is -1.93. The number of rotatable bonds is 5. The van der Waals surface area contributed by atoms with Gasteiger partial charge in [-0.3, -0.25) is 0 Å². The zero-order chi connectivity index (χ0) is 13.1. The maximum Gasteiger partial charge on any atom is 0.125 e. The first kappa shape index (κ1) is 14.4. The summed E-state index contributed by atoms with van der Waals surface area (Å²) in [6.45, 7) is 8.01. The van der Waals surface area contributed by atoms with Gasteiger partial charge in [-0.1, -0.05) is 39.4 Å². The Kier molecular flexibility index (Phi) is 4.87. The highest BCUT2D eigenvalue weighted by atomic mass is 28.3. The lowest BCUT2D eigenvalue weighted by Gasteiger charge is -2.19. The Morgan fingerprint density at radius 3 is 1.94 bits per heavy atom. The Hall–Kier alpha value is -0.703. The van der Waals surface area contributed by atoms with Crippen molar-refractivity contribution in [3.63, 3.8) is 0 Å². The van der Waals surface area contributed by atoms with E-state index in [1.165, 1.54) is 12.1 Å². The molecule has 0 fully saturated rings. The van der Waals surface area contributed by atoms with E-state index in [0.717, 1.165) is 31.2 Å². The van der Waals surface area contributed by atoms with E-state index in [4.69, 9.17) is 0 Å².